The first-order valence-electron chi connectivity index (χ1n) is 9.09. The van der Waals surface area contributed by atoms with Gasteiger partial charge in [-0.05, 0) is 20.8 Å². The Balaban J connectivity index is 0.00000280. The average Bonchev–Trinajstić information content (AvgIpc) is 3.29. The molecule has 0 saturated carbocycles. The number of oxazole rings is 1. The van der Waals surface area contributed by atoms with Crippen LogP contribution in [0.15, 0.2) is 45.3 Å². The molecule has 0 spiro atoms. The van der Waals surface area contributed by atoms with E-state index in [9.17, 15) is 0 Å². The molecule has 2 heterocycles. The third kappa shape index (κ3) is 6.59. The van der Waals surface area contributed by atoms with Gasteiger partial charge in [-0.1, -0.05) is 29.8 Å². The number of nitrogens with one attached hydrogen (secondary N) is 2. The topological polar surface area (TPSA) is 75.3 Å². The van der Waals surface area contributed by atoms with Crippen LogP contribution >= 0.6 is 35.3 Å². The first kappa shape index (κ1) is 22.4. The number of benzene rings is 1. The van der Waals surface area contributed by atoms with Gasteiger partial charge in [-0.2, -0.15) is 0 Å². The highest BCUT2D eigenvalue weighted by Crippen LogP contribution is 2.21. The van der Waals surface area contributed by atoms with E-state index in [2.05, 4.69) is 50.0 Å². The molecule has 3 rings (SSSR count). The van der Waals surface area contributed by atoms with E-state index in [-0.39, 0.29) is 24.0 Å². The van der Waals surface area contributed by atoms with E-state index in [1.165, 1.54) is 5.56 Å². The van der Waals surface area contributed by atoms with Crippen LogP contribution in [0.5, 0.6) is 0 Å². The van der Waals surface area contributed by atoms with Gasteiger partial charge in [-0.25, -0.2) is 15.0 Å². The van der Waals surface area contributed by atoms with Crippen molar-refractivity contribution in [3.63, 3.8) is 0 Å². The van der Waals surface area contributed by atoms with E-state index >= 15 is 0 Å². The minimum atomic E-state index is 0. The largest absolute Gasteiger partial charge is 0.439 e. The minimum Gasteiger partial charge on any atom is -0.439 e. The van der Waals surface area contributed by atoms with E-state index in [1.807, 2.05) is 26.0 Å². The van der Waals surface area contributed by atoms with Crippen LogP contribution in [0.4, 0.5) is 0 Å². The average molecular weight is 511 g/mol. The highest BCUT2D eigenvalue weighted by Gasteiger charge is 2.07. The Hall–Kier alpha value is -1.94. The molecule has 150 valence electrons. The standard InChI is InChI=1S/C20H25N5OS.HI/c1-4-21-20(22-10-9-17-13-27-15(3)25-17)24-12-19-23-11-18(26-19)16-7-5-14(2)6-8-16;/h5-8,11,13H,4,9-10,12H2,1-3H3,(H2,21,22,24);1H. The summed E-state index contributed by atoms with van der Waals surface area (Å²) in [6.45, 7) is 8.08. The number of aryl methyl sites for hydroxylation is 2. The highest BCUT2D eigenvalue weighted by molar-refractivity contribution is 14.0. The van der Waals surface area contributed by atoms with Crippen LogP contribution in [-0.4, -0.2) is 29.0 Å². The molecule has 0 amide bonds. The number of rotatable bonds is 7. The summed E-state index contributed by atoms with van der Waals surface area (Å²) in [7, 11) is 0. The van der Waals surface area contributed by atoms with Crippen LogP contribution in [0.1, 0.15) is 29.1 Å². The lowest BCUT2D eigenvalue weighted by atomic mass is 10.1. The van der Waals surface area contributed by atoms with Crippen molar-refractivity contribution in [2.75, 3.05) is 13.1 Å². The normalized spacial score (nSPS) is 11.2. The van der Waals surface area contributed by atoms with E-state index in [0.717, 1.165) is 47.5 Å². The summed E-state index contributed by atoms with van der Waals surface area (Å²) in [5, 5.41) is 9.76. The van der Waals surface area contributed by atoms with Crippen LogP contribution in [0, 0.1) is 13.8 Å². The molecule has 0 saturated heterocycles. The van der Waals surface area contributed by atoms with Crippen molar-refractivity contribution >= 4 is 41.3 Å². The van der Waals surface area contributed by atoms with Crippen LogP contribution in [0.25, 0.3) is 11.3 Å². The summed E-state index contributed by atoms with van der Waals surface area (Å²) in [5.74, 6) is 2.11. The second-order valence-electron chi connectivity index (χ2n) is 6.21. The quantitative estimate of drug-likeness (QED) is 0.281. The van der Waals surface area contributed by atoms with Gasteiger partial charge in [-0.3, -0.25) is 0 Å². The van der Waals surface area contributed by atoms with Gasteiger partial charge < -0.3 is 15.1 Å². The van der Waals surface area contributed by atoms with Crippen LogP contribution in [0.2, 0.25) is 0 Å². The Kier molecular flexibility index (Phi) is 8.91. The Morgan fingerprint density at radius 2 is 1.96 bits per heavy atom. The molecule has 0 aliphatic rings. The van der Waals surface area contributed by atoms with E-state index in [0.29, 0.717) is 12.4 Å². The molecule has 3 aromatic rings. The van der Waals surface area contributed by atoms with Gasteiger partial charge in [0.2, 0.25) is 5.89 Å². The molecule has 0 radical (unpaired) electrons. The number of hydrogen-bond donors (Lipinski definition) is 2. The molecule has 0 atom stereocenters. The van der Waals surface area contributed by atoms with Gasteiger partial charge in [0.1, 0.15) is 6.54 Å². The van der Waals surface area contributed by atoms with Crippen molar-refractivity contribution < 1.29 is 4.42 Å². The number of guanidine groups is 1. The number of aromatic nitrogens is 2. The first-order chi connectivity index (χ1) is 13.1. The molecule has 0 aliphatic carbocycles. The Labute approximate surface area is 186 Å². The maximum absolute atomic E-state index is 5.83. The van der Waals surface area contributed by atoms with Crippen molar-refractivity contribution in [3.05, 3.63) is 58.0 Å². The minimum absolute atomic E-state index is 0. The second kappa shape index (κ2) is 11.2. The third-order valence-corrected chi connectivity index (χ3v) is 4.77. The molecular formula is C20H26IN5OS. The molecule has 8 heteroatoms. The summed E-state index contributed by atoms with van der Waals surface area (Å²) in [4.78, 5) is 13.4. The summed E-state index contributed by atoms with van der Waals surface area (Å²) in [6.07, 6.45) is 2.62. The van der Waals surface area contributed by atoms with Crippen molar-refractivity contribution in [1.82, 2.24) is 20.6 Å². The molecule has 0 unspecified atom stereocenters. The van der Waals surface area contributed by atoms with Gasteiger partial charge in [0, 0.05) is 30.5 Å². The van der Waals surface area contributed by atoms with E-state index in [4.69, 9.17) is 4.42 Å². The van der Waals surface area contributed by atoms with Crippen LogP contribution in [0.3, 0.4) is 0 Å². The third-order valence-electron chi connectivity index (χ3n) is 3.95. The lowest BCUT2D eigenvalue weighted by Crippen LogP contribution is -2.38. The maximum Gasteiger partial charge on any atom is 0.216 e. The van der Waals surface area contributed by atoms with Crippen molar-refractivity contribution in [2.24, 2.45) is 4.99 Å². The molecule has 2 aromatic heterocycles. The highest BCUT2D eigenvalue weighted by atomic mass is 127. The summed E-state index contributed by atoms with van der Waals surface area (Å²) in [6, 6.07) is 8.20. The van der Waals surface area contributed by atoms with Gasteiger partial charge >= 0.3 is 0 Å². The summed E-state index contributed by atoms with van der Waals surface area (Å²) < 4.78 is 5.83. The Morgan fingerprint density at radius 1 is 1.18 bits per heavy atom. The van der Waals surface area contributed by atoms with Gasteiger partial charge in [0.25, 0.3) is 0 Å². The van der Waals surface area contributed by atoms with Gasteiger partial charge in [0.05, 0.1) is 16.9 Å². The number of aliphatic imine (C=N–C) groups is 1. The number of halogens is 1. The second-order valence-corrected chi connectivity index (χ2v) is 7.28. The maximum atomic E-state index is 5.83. The van der Waals surface area contributed by atoms with Gasteiger partial charge in [0.15, 0.2) is 11.7 Å². The van der Waals surface area contributed by atoms with Crippen LogP contribution < -0.4 is 10.6 Å². The molecule has 1 aromatic carbocycles. The zero-order valence-electron chi connectivity index (χ0n) is 16.4. The molecule has 0 fully saturated rings. The fraction of sp³-hybridized carbons (Fsp3) is 0.350. The summed E-state index contributed by atoms with van der Waals surface area (Å²) in [5.41, 5.74) is 3.35. The van der Waals surface area contributed by atoms with E-state index in [1.54, 1.807) is 17.5 Å². The predicted molar refractivity (Wildman–Crippen MR) is 125 cm³/mol. The van der Waals surface area contributed by atoms with Crippen molar-refractivity contribution in [2.45, 2.75) is 33.7 Å². The molecule has 0 aliphatic heterocycles. The number of thiazole rings is 1. The van der Waals surface area contributed by atoms with Crippen LogP contribution in [-0.2, 0) is 13.0 Å². The fourth-order valence-corrected chi connectivity index (χ4v) is 3.20. The molecule has 0 bridgehead atoms. The molecular weight excluding hydrogens is 485 g/mol. The van der Waals surface area contributed by atoms with E-state index < -0.39 is 0 Å². The summed E-state index contributed by atoms with van der Waals surface area (Å²) >= 11 is 1.68. The van der Waals surface area contributed by atoms with Crippen molar-refractivity contribution in [3.8, 4) is 11.3 Å². The lowest BCUT2D eigenvalue weighted by molar-refractivity contribution is 0.509. The smallest absolute Gasteiger partial charge is 0.216 e. The van der Waals surface area contributed by atoms with Gasteiger partial charge in [-0.15, -0.1) is 35.3 Å². The Morgan fingerprint density at radius 3 is 2.64 bits per heavy atom. The fourth-order valence-electron chi connectivity index (χ4n) is 2.56. The lowest BCUT2D eigenvalue weighted by Gasteiger charge is -2.10. The van der Waals surface area contributed by atoms with Crippen molar-refractivity contribution in [1.29, 1.82) is 0 Å². The first-order valence-corrected chi connectivity index (χ1v) is 9.97. The number of hydrogen-bond acceptors (Lipinski definition) is 5. The Bertz CT molecular complexity index is 888. The zero-order chi connectivity index (χ0) is 19.1. The molecule has 6 nitrogen and oxygen atoms in total. The zero-order valence-corrected chi connectivity index (χ0v) is 19.5. The molecule has 28 heavy (non-hydrogen) atoms. The number of nitrogens with zero attached hydrogens (tertiary/aromatic N) is 3. The molecule has 2 N–H and O–H groups in total. The SMILES string of the molecule is CCNC(=NCc1ncc(-c2ccc(C)cc2)o1)NCCc1csc(C)n1.I. The monoisotopic (exact) mass is 511 g/mol. The predicted octanol–water partition coefficient (Wildman–Crippen LogP) is 4.33.